The number of thiophene rings is 1. The molecule has 1 aliphatic heterocycles. The molecule has 6 heteroatoms. The van der Waals surface area contributed by atoms with Crippen molar-refractivity contribution in [3.8, 4) is 0 Å². The van der Waals surface area contributed by atoms with Crippen molar-refractivity contribution in [3.05, 3.63) is 46.5 Å². The molecule has 0 bridgehead atoms. The fourth-order valence-corrected chi connectivity index (χ4v) is 3.04. The zero-order chi connectivity index (χ0) is 14.5. The van der Waals surface area contributed by atoms with Gasteiger partial charge in [0.2, 0.25) is 0 Å². The van der Waals surface area contributed by atoms with E-state index in [9.17, 15) is 4.79 Å². The minimum absolute atomic E-state index is 0.00648. The molecule has 0 spiro atoms. The van der Waals surface area contributed by atoms with Crippen LogP contribution in [-0.2, 0) is 22.6 Å². The summed E-state index contributed by atoms with van der Waals surface area (Å²) in [6.45, 7) is 2.98. The van der Waals surface area contributed by atoms with E-state index < -0.39 is 6.10 Å². The van der Waals surface area contributed by atoms with Crippen molar-refractivity contribution >= 4 is 17.2 Å². The van der Waals surface area contributed by atoms with Crippen molar-refractivity contribution in [3.63, 3.8) is 0 Å². The van der Waals surface area contributed by atoms with E-state index in [1.54, 1.807) is 22.5 Å². The van der Waals surface area contributed by atoms with Crippen LogP contribution in [0, 0.1) is 0 Å². The number of rotatable bonds is 5. The van der Waals surface area contributed by atoms with Crippen LogP contribution in [0.1, 0.15) is 10.6 Å². The number of amides is 1. The predicted octanol–water partition coefficient (Wildman–Crippen LogP) is 1.86. The third kappa shape index (κ3) is 3.72. The molecule has 1 atom stereocenters. The van der Waals surface area contributed by atoms with Gasteiger partial charge in [0.15, 0.2) is 0 Å². The number of nitrogens with zero attached hydrogens (tertiary/aromatic N) is 1. The molecule has 1 N–H and O–H groups in total. The zero-order valence-electron chi connectivity index (χ0n) is 11.7. The van der Waals surface area contributed by atoms with Crippen LogP contribution in [0.25, 0.3) is 0 Å². The van der Waals surface area contributed by atoms with Crippen LogP contribution in [0.3, 0.4) is 0 Å². The van der Waals surface area contributed by atoms with Gasteiger partial charge >= 0.3 is 0 Å². The molecule has 1 aliphatic rings. The number of furan rings is 1. The molecule has 3 rings (SSSR count). The Bertz CT molecular complexity index is 511. The van der Waals surface area contributed by atoms with Gasteiger partial charge in [-0.2, -0.15) is 0 Å². The molecule has 1 amide bonds. The van der Waals surface area contributed by atoms with Crippen molar-refractivity contribution in [2.45, 2.75) is 19.2 Å². The summed E-state index contributed by atoms with van der Waals surface area (Å²) >= 11 is 1.65. The molecular weight excluding hydrogens is 288 g/mol. The second-order valence-electron chi connectivity index (χ2n) is 4.92. The van der Waals surface area contributed by atoms with Crippen molar-refractivity contribution in [2.24, 2.45) is 0 Å². The number of hydrogen-bond donors (Lipinski definition) is 1. The summed E-state index contributed by atoms with van der Waals surface area (Å²) in [6, 6.07) is 7.75. The third-order valence-corrected chi connectivity index (χ3v) is 4.23. The van der Waals surface area contributed by atoms with Crippen molar-refractivity contribution < 1.29 is 13.9 Å². The second-order valence-corrected chi connectivity index (χ2v) is 5.95. The highest BCUT2D eigenvalue weighted by atomic mass is 32.1. The van der Waals surface area contributed by atoms with Gasteiger partial charge in [0.1, 0.15) is 11.9 Å². The van der Waals surface area contributed by atoms with Gasteiger partial charge < -0.3 is 19.4 Å². The molecule has 5 nitrogen and oxygen atoms in total. The largest absolute Gasteiger partial charge is 0.467 e. The van der Waals surface area contributed by atoms with Crippen LogP contribution in [0.2, 0.25) is 0 Å². The first-order valence-electron chi connectivity index (χ1n) is 6.99. The molecule has 2 aromatic rings. The van der Waals surface area contributed by atoms with Gasteiger partial charge in [-0.25, -0.2) is 0 Å². The van der Waals surface area contributed by atoms with Crippen LogP contribution >= 0.6 is 11.3 Å². The molecule has 0 radical (unpaired) electrons. The monoisotopic (exact) mass is 306 g/mol. The fraction of sp³-hybridized carbons (Fsp3) is 0.400. The Hall–Kier alpha value is -1.63. The van der Waals surface area contributed by atoms with Crippen molar-refractivity contribution in [1.29, 1.82) is 0 Å². The lowest BCUT2D eigenvalue weighted by atomic mass is 10.2. The Balaban J connectivity index is 1.72. The fourth-order valence-electron chi connectivity index (χ4n) is 2.32. The lowest BCUT2D eigenvalue weighted by Gasteiger charge is -2.29. The standard InChI is InChI=1S/C15H18N2O3S/c18-15(14-9-16-5-7-20-14)17(10-12-3-1-6-19-12)11-13-4-2-8-21-13/h1-4,6,8,14,16H,5,7,9-11H2. The summed E-state index contributed by atoms with van der Waals surface area (Å²) < 4.78 is 11.0. The van der Waals surface area contributed by atoms with Crippen LogP contribution in [0.15, 0.2) is 40.3 Å². The molecule has 3 heterocycles. The van der Waals surface area contributed by atoms with E-state index in [1.807, 2.05) is 29.6 Å². The van der Waals surface area contributed by atoms with Crippen LogP contribution in [0.5, 0.6) is 0 Å². The minimum atomic E-state index is -0.409. The lowest BCUT2D eigenvalue weighted by Crippen LogP contribution is -2.48. The average Bonchev–Trinajstić information content (AvgIpc) is 3.20. The summed E-state index contributed by atoms with van der Waals surface area (Å²) in [7, 11) is 0. The highest BCUT2D eigenvalue weighted by molar-refractivity contribution is 7.09. The maximum absolute atomic E-state index is 12.7. The Morgan fingerprint density at radius 3 is 3.00 bits per heavy atom. The van der Waals surface area contributed by atoms with Crippen molar-refractivity contribution in [2.75, 3.05) is 19.7 Å². The third-order valence-electron chi connectivity index (χ3n) is 3.37. The molecule has 0 aromatic carbocycles. The molecule has 1 unspecified atom stereocenters. The first-order chi connectivity index (χ1) is 10.3. The van der Waals surface area contributed by atoms with E-state index in [1.165, 1.54) is 0 Å². The number of nitrogens with one attached hydrogen (secondary N) is 1. The van der Waals surface area contributed by atoms with Gasteiger partial charge in [-0.1, -0.05) is 6.07 Å². The first kappa shape index (κ1) is 14.3. The molecule has 0 aliphatic carbocycles. The van der Waals surface area contributed by atoms with E-state index >= 15 is 0 Å². The van der Waals surface area contributed by atoms with Gasteiger partial charge in [-0.3, -0.25) is 4.79 Å². The molecule has 21 heavy (non-hydrogen) atoms. The SMILES string of the molecule is O=C(C1CNCCO1)N(Cc1ccco1)Cc1cccs1. The maximum Gasteiger partial charge on any atom is 0.253 e. The van der Waals surface area contributed by atoms with Gasteiger partial charge in [0, 0.05) is 18.0 Å². The van der Waals surface area contributed by atoms with Crippen LogP contribution in [-0.4, -0.2) is 36.6 Å². The Kier molecular flexibility index (Phi) is 4.69. The molecule has 112 valence electrons. The average molecular weight is 306 g/mol. The summed E-state index contributed by atoms with van der Waals surface area (Å²) in [5.41, 5.74) is 0. The molecule has 0 saturated carbocycles. The minimum Gasteiger partial charge on any atom is -0.467 e. The topological polar surface area (TPSA) is 54.7 Å². The molecule has 1 saturated heterocycles. The van der Waals surface area contributed by atoms with E-state index in [-0.39, 0.29) is 5.91 Å². The number of ether oxygens (including phenoxy) is 1. The van der Waals surface area contributed by atoms with Crippen LogP contribution < -0.4 is 5.32 Å². The number of hydrogen-bond acceptors (Lipinski definition) is 5. The molecule has 2 aromatic heterocycles. The highest BCUT2D eigenvalue weighted by Crippen LogP contribution is 2.16. The maximum atomic E-state index is 12.7. The van der Waals surface area contributed by atoms with E-state index in [4.69, 9.17) is 9.15 Å². The van der Waals surface area contributed by atoms with Gasteiger partial charge in [0.25, 0.3) is 5.91 Å². The Morgan fingerprint density at radius 1 is 1.38 bits per heavy atom. The summed E-state index contributed by atoms with van der Waals surface area (Å²) in [6.07, 6.45) is 1.22. The summed E-state index contributed by atoms with van der Waals surface area (Å²) in [4.78, 5) is 15.6. The zero-order valence-corrected chi connectivity index (χ0v) is 12.5. The molecule has 1 fully saturated rings. The van der Waals surface area contributed by atoms with E-state index in [0.29, 0.717) is 26.2 Å². The van der Waals surface area contributed by atoms with E-state index in [2.05, 4.69) is 5.32 Å². The second kappa shape index (κ2) is 6.89. The first-order valence-corrected chi connectivity index (χ1v) is 7.87. The van der Waals surface area contributed by atoms with Crippen LogP contribution in [0.4, 0.5) is 0 Å². The smallest absolute Gasteiger partial charge is 0.253 e. The Labute approximate surface area is 127 Å². The number of morpholine rings is 1. The summed E-state index contributed by atoms with van der Waals surface area (Å²) in [5, 5.41) is 5.21. The predicted molar refractivity (Wildman–Crippen MR) is 79.9 cm³/mol. The van der Waals surface area contributed by atoms with Gasteiger partial charge in [-0.15, -0.1) is 11.3 Å². The number of carbonyl (C=O) groups is 1. The van der Waals surface area contributed by atoms with Gasteiger partial charge in [-0.05, 0) is 23.6 Å². The highest BCUT2D eigenvalue weighted by Gasteiger charge is 2.27. The Morgan fingerprint density at radius 2 is 2.33 bits per heavy atom. The quantitative estimate of drug-likeness (QED) is 0.916. The normalized spacial score (nSPS) is 18.6. The van der Waals surface area contributed by atoms with E-state index in [0.717, 1.165) is 17.2 Å². The lowest BCUT2D eigenvalue weighted by molar-refractivity contribution is -0.146. The summed E-state index contributed by atoms with van der Waals surface area (Å²) in [5.74, 6) is 0.788. The number of carbonyl (C=O) groups excluding carboxylic acids is 1. The molecular formula is C15H18N2O3S. The van der Waals surface area contributed by atoms with Gasteiger partial charge in [0.05, 0.1) is 26.0 Å². The van der Waals surface area contributed by atoms with Crippen molar-refractivity contribution in [1.82, 2.24) is 10.2 Å².